The van der Waals surface area contributed by atoms with Gasteiger partial charge in [0.2, 0.25) is 5.91 Å². The fraction of sp³-hybridized carbons (Fsp3) is 0.458. The third kappa shape index (κ3) is 5.00. The fourth-order valence-electron chi connectivity index (χ4n) is 5.22. The molecule has 37 heavy (non-hydrogen) atoms. The van der Waals surface area contributed by atoms with Gasteiger partial charge in [0, 0.05) is 31.3 Å². The number of sulfone groups is 1. The van der Waals surface area contributed by atoms with E-state index in [1.165, 1.54) is 12.1 Å². The Balaban J connectivity index is 1.41. The molecule has 1 fully saturated rings. The van der Waals surface area contributed by atoms with E-state index in [1.807, 2.05) is 4.90 Å². The second-order valence-electron chi connectivity index (χ2n) is 9.49. The Morgan fingerprint density at radius 3 is 2.51 bits per heavy atom. The van der Waals surface area contributed by atoms with Crippen molar-refractivity contribution in [2.45, 2.75) is 37.9 Å². The SMILES string of the molecule is CN(C(=O)C1CCS(=O)(=O)CC1)[C@@H](c1ccc(N2CCCc3c2cnc2cc(Cl)nn32)cc1)C(F)(F)F. The summed E-state index contributed by atoms with van der Waals surface area (Å²) >= 11 is 6.04. The summed E-state index contributed by atoms with van der Waals surface area (Å²) in [5.74, 6) is -1.82. The van der Waals surface area contributed by atoms with Gasteiger partial charge in [-0.3, -0.25) is 4.79 Å². The van der Waals surface area contributed by atoms with Gasteiger partial charge in [-0.25, -0.2) is 17.9 Å². The second-order valence-corrected chi connectivity index (χ2v) is 12.2. The standard InChI is InChI=1S/C24H25ClF3N5O3S/c1-31(23(34)16-8-11-37(35,36)12-9-16)22(24(26,27)28)15-4-6-17(7-5-15)32-10-2-3-18-19(32)14-29-21-13-20(25)30-33(18)21/h4-7,13-14,16,22H,2-3,8-12H2,1H3/t22-/m0/s1. The molecule has 198 valence electrons. The average molecular weight is 556 g/mol. The van der Waals surface area contributed by atoms with E-state index >= 15 is 0 Å². The summed E-state index contributed by atoms with van der Waals surface area (Å²) in [4.78, 5) is 20.0. The summed E-state index contributed by atoms with van der Waals surface area (Å²) in [6.45, 7) is 0.653. The van der Waals surface area contributed by atoms with Crippen molar-refractivity contribution in [3.63, 3.8) is 0 Å². The van der Waals surface area contributed by atoms with Crippen LogP contribution in [0.5, 0.6) is 0 Å². The van der Waals surface area contributed by atoms with Gasteiger partial charge < -0.3 is 9.80 Å². The molecule has 1 aromatic carbocycles. The van der Waals surface area contributed by atoms with Gasteiger partial charge in [0.05, 0.1) is 29.1 Å². The number of halogens is 4. The molecule has 5 rings (SSSR count). The van der Waals surface area contributed by atoms with Gasteiger partial charge in [0.25, 0.3) is 0 Å². The number of amides is 1. The number of alkyl halides is 3. The number of aryl methyl sites for hydroxylation is 1. The van der Waals surface area contributed by atoms with E-state index in [1.54, 1.807) is 28.9 Å². The highest BCUT2D eigenvalue weighted by atomic mass is 35.5. The number of benzene rings is 1. The summed E-state index contributed by atoms with van der Waals surface area (Å²) in [5.41, 5.74) is 2.97. The monoisotopic (exact) mass is 555 g/mol. The molecule has 0 N–H and O–H groups in total. The van der Waals surface area contributed by atoms with Crippen LogP contribution in [-0.4, -0.2) is 65.1 Å². The number of fused-ring (bicyclic) bond motifs is 3. The molecule has 13 heteroatoms. The quantitative estimate of drug-likeness (QED) is 0.475. The van der Waals surface area contributed by atoms with Gasteiger partial charge in [0.15, 0.2) is 16.8 Å². The van der Waals surface area contributed by atoms with E-state index in [2.05, 4.69) is 10.1 Å². The lowest BCUT2D eigenvalue weighted by molar-refractivity contribution is -0.190. The molecule has 0 radical (unpaired) electrons. The Morgan fingerprint density at radius 1 is 1.19 bits per heavy atom. The number of nitrogens with zero attached hydrogens (tertiary/aromatic N) is 5. The Kier molecular flexibility index (Phi) is 6.59. The normalized spacial score (nSPS) is 19.0. The van der Waals surface area contributed by atoms with Crippen LogP contribution in [0.15, 0.2) is 36.5 Å². The minimum atomic E-state index is -4.71. The molecule has 2 aliphatic heterocycles. The lowest BCUT2D eigenvalue weighted by atomic mass is 9.98. The van der Waals surface area contributed by atoms with Crippen molar-refractivity contribution in [1.29, 1.82) is 0 Å². The molecule has 1 saturated heterocycles. The first-order valence-electron chi connectivity index (χ1n) is 11.9. The van der Waals surface area contributed by atoms with Gasteiger partial charge in [-0.2, -0.15) is 18.3 Å². The molecular weight excluding hydrogens is 531 g/mol. The van der Waals surface area contributed by atoms with E-state index in [0.717, 1.165) is 31.3 Å². The maximum absolute atomic E-state index is 14.2. The zero-order valence-electron chi connectivity index (χ0n) is 19.9. The highest BCUT2D eigenvalue weighted by molar-refractivity contribution is 7.91. The van der Waals surface area contributed by atoms with E-state index in [9.17, 15) is 26.4 Å². The summed E-state index contributed by atoms with van der Waals surface area (Å²) in [7, 11) is -2.11. The van der Waals surface area contributed by atoms with Crippen molar-refractivity contribution in [3.8, 4) is 0 Å². The molecule has 1 amide bonds. The summed E-state index contributed by atoms with van der Waals surface area (Å²) in [5, 5.41) is 4.63. The van der Waals surface area contributed by atoms with Crippen LogP contribution in [0.3, 0.4) is 0 Å². The molecule has 2 aromatic heterocycles. The van der Waals surface area contributed by atoms with Crippen molar-refractivity contribution in [1.82, 2.24) is 19.5 Å². The van der Waals surface area contributed by atoms with Gasteiger partial charge in [-0.15, -0.1) is 0 Å². The van der Waals surface area contributed by atoms with Crippen LogP contribution in [0.1, 0.15) is 36.6 Å². The van der Waals surface area contributed by atoms with E-state index in [4.69, 9.17) is 11.6 Å². The Labute approximate surface area is 216 Å². The molecule has 0 unspecified atom stereocenters. The number of hydrogen-bond donors (Lipinski definition) is 0. The number of aromatic nitrogens is 3. The maximum atomic E-state index is 14.2. The van der Waals surface area contributed by atoms with Crippen molar-refractivity contribution in [3.05, 3.63) is 52.9 Å². The van der Waals surface area contributed by atoms with Gasteiger partial charge in [-0.05, 0) is 43.4 Å². The molecule has 1 atom stereocenters. The highest BCUT2D eigenvalue weighted by Crippen LogP contribution is 2.40. The third-order valence-corrected chi connectivity index (χ3v) is 8.99. The van der Waals surface area contributed by atoms with Gasteiger partial charge in [0.1, 0.15) is 9.84 Å². The van der Waals surface area contributed by atoms with Gasteiger partial charge in [-0.1, -0.05) is 23.7 Å². The van der Waals surface area contributed by atoms with Crippen molar-refractivity contribution in [2.24, 2.45) is 5.92 Å². The molecule has 3 aromatic rings. The van der Waals surface area contributed by atoms with Gasteiger partial charge >= 0.3 is 6.18 Å². The van der Waals surface area contributed by atoms with Crippen LogP contribution in [-0.2, 0) is 21.1 Å². The Hall–Kier alpha value is -2.86. The lowest BCUT2D eigenvalue weighted by Crippen LogP contribution is -2.44. The van der Waals surface area contributed by atoms with Crippen LogP contribution < -0.4 is 4.90 Å². The Bertz CT molecular complexity index is 1430. The number of carbonyl (C=O) groups is 1. The maximum Gasteiger partial charge on any atom is 0.413 e. The summed E-state index contributed by atoms with van der Waals surface area (Å²) < 4.78 is 67.6. The zero-order chi connectivity index (χ0) is 26.5. The third-order valence-electron chi connectivity index (χ3n) is 7.09. The van der Waals surface area contributed by atoms with Crippen molar-refractivity contribution >= 4 is 44.4 Å². The van der Waals surface area contributed by atoms with Crippen LogP contribution in [0.25, 0.3) is 5.65 Å². The summed E-state index contributed by atoms with van der Waals surface area (Å²) in [6.07, 6.45) is -1.36. The van der Waals surface area contributed by atoms with E-state index in [0.29, 0.717) is 27.9 Å². The molecule has 0 aliphatic carbocycles. The van der Waals surface area contributed by atoms with Crippen LogP contribution in [0, 0.1) is 5.92 Å². The minimum absolute atomic E-state index is 0.0339. The first-order chi connectivity index (χ1) is 17.4. The minimum Gasteiger partial charge on any atom is -0.339 e. The molecule has 4 heterocycles. The first kappa shape index (κ1) is 25.8. The second kappa shape index (κ2) is 9.46. The molecule has 0 saturated carbocycles. The first-order valence-corrected chi connectivity index (χ1v) is 14.1. The largest absolute Gasteiger partial charge is 0.413 e. The number of rotatable bonds is 4. The topological polar surface area (TPSA) is 87.9 Å². The smallest absolute Gasteiger partial charge is 0.339 e. The van der Waals surface area contributed by atoms with E-state index in [-0.39, 0.29) is 29.9 Å². The van der Waals surface area contributed by atoms with Crippen LogP contribution in [0.4, 0.5) is 24.5 Å². The van der Waals surface area contributed by atoms with Crippen LogP contribution in [0.2, 0.25) is 5.15 Å². The van der Waals surface area contributed by atoms with Crippen LogP contribution >= 0.6 is 11.6 Å². The summed E-state index contributed by atoms with van der Waals surface area (Å²) in [6, 6.07) is 5.50. The predicted octanol–water partition coefficient (Wildman–Crippen LogP) is 4.35. The predicted molar refractivity (Wildman–Crippen MR) is 133 cm³/mol. The molecular formula is C24H25ClF3N5O3S. The van der Waals surface area contributed by atoms with E-state index < -0.39 is 33.9 Å². The number of anilines is 2. The number of hydrogen-bond acceptors (Lipinski definition) is 6. The Morgan fingerprint density at radius 2 is 1.86 bits per heavy atom. The lowest BCUT2D eigenvalue weighted by Gasteiger charge is -2.34. The molecule has 8 nitrogen and oxygen atoms in total. The van der Waals surface area contributed by atoms with Crippen molar-refractivity contribution < 1.29 is 26.4 Å². The molecule has 0 spiro atoms. The van der Waals surface area contributed by atoms with Crippen molar-refractivity contribution in [2.75, 3.05) is 30.0 Å². The zero-order valence-corrected chi connectivity index (χ0v) is 21.5. The molecule has 2 aliphatic rings. The molecule has 0 bridgehead atoms. The average Bonchev–Trinajstić information content (AvgIpc) is 3.24. The number of carbonyl (C=O) groups excluding carboxylic acids is 1. The highest BCUT2D eigenvalue weighted by Gasteiger charge is 2.46. The fourth-order valence-corrected chi connectivity index (χ4v) is 6.88.